The zero-order valence-electron chi connectivity index (χ0n) is 30.4. The molecule has 0 bridgehead atoms. The number of pyridine rings is 2. The molecule has 0 radical (unpaired) electrons. The zero-order valence-corrected chi connectivity index (χ0v) is 31.2. The lowest BCUT2D eigenvalue weighted by Crippen LogP contribution is -2.24. The summed E-state index contributed by atoms with van der Waals surface area (Å²) in [5.74, 6) is 0. The second kappa shape index (κ2) is 13.9. The Hall–Kier alpha value is -5.68. The van der Waals surface area contributed by atoms with Gasteiger partial charge in [-0.2, -0.15) is 21.6 Å². The monoisotopic (exact) mass is 758 g/mol. The average molecular weight is 759 g/mol. The molecule has 8 aromatic rings. The van der Waals surface area contributed by atoms with Crippen LogP contribution in [0.25, 0.3) is 65.6 Å². The molecule has 6 nitrogen and oxygen atoms in total. The average Bonchev–Trinajstić information content (AvgIpc) is 3.16. The van der Waals surface area contributed by atoms with Gasteiger partial charge in [0.15, 0.2) is 0 Å². The summed E-state index contributed by atoms with van der Waals surface area (Å²) in [5, 5.41) is 20.5. The summed E-state index contributed by atoms with van der Waals surface area (Å²) >= 11 is 0. The number of aliphatic hydroxyl groups is 1. The summed E-state index contributed by atoms with van der Waals surface area (Å²) in [5.41, 5.74) is 1.44. The van der Waals surface area contributed by atoms with E-state index in [2.05, 4.69) is 122 Å². The molecular weight excluding hydrogens is 722 g/mol. The molecule has 0 fully saturated rings. The number of benzene rings is 6. The third-order valence-corrected chi connectivity index (χ3v) is 10.7. The molecule has 0 atom stereocenters. The van der Waals surface area contributed by atoms with Crippen molar-refractivity contribution in [2.75, 3.05) is 0 Å². The van der Waals surface area contributed by atoms with Gasteiger partial charge in [-0.1, -0.05) is 123 Å². The van der Waals surface area contributed by atoms with Gasteiger partial charge in [-0.15, -0.1) is 0 Å². The Labute approximate surface area is 316 Å². The molecule has 10 heteroatoms. The number of aromatic nitrogens is 2. The fourth-order valence-electron chi connectivity index (χ4n) is 7.51. The minimum absolute atomic E-state index is 0.0189. The SMILES string of the molecule is CC(C)(O)c1ccccc1-c1nccc2c1ccc1ccccc12.CC1(C)c2ccccc2-c2nccc3c2c1cc1ccccc13.O=S(=O)(O)C(F)(F)F. The molecule has 1 aliphatic rings. The van der Waals surface area contributed by atoms with E-state index in [9.17, 15) is 18.3 Å². The zero-order chi connectivity index (χ0) is 39.3. The molecule has 2 heterocycles. The lowest BCUT2D eigenvalue weighted by atomic mass is 9.69. The molecule has 0 amide bonds. The highest BCUT2D eigenvalue weighted by Crippen LogP contribution is 2.49. The van der Waals surface area contributed by atoms with E-state index in [0.717, 1.165) is 27.9 Å². The molecule has 9 rings (SSSR count). The van der Waals surface area contributed by atoms with Crippen molar-refractivity contribution in [1.29, 1.82) is 0 Å². The molecule has 6 aromatic carbocycles. The fourth-order valence-corrected chi connectivity index (χ4v) is 7.51. The smallest absolute Gasteiger partial charge is 0.386 e. The van der Waals surface area contributed by atoms with Crippen molar-refractivity contribution in [3.8, 4) is 22.5 Å². The van der Waals surface area contributed by atoms with Gasteiger partial charge >= 0.3 is 15.6 Å². The van der Waals surface area contributed by atoms with Crippen LogP contribution in [0.2, 0.25) is 0 Å². The van der Waals surface area contributed by atoms with Gasteiger partial charge in [0, 0.05) is 39.7 Å². The maximum atomic E-state index is 10.7. The summed E-state index contributed by atoms with van der Waals surface area (Å²) in [6, 6.07) is 44.5. The number of hydrogen-bond donors (Lipinski definition) is 2. The van der Waals surface area contributed by atoms with Crippen molar-refractivity contribution in [1.82, 2.24) is 9.97 Å². The number of fused-ring (bicyclic) bond motifs is 7. The van der Waals surface area contributed by atoms with E-state index in [-0.39, 0.29) is 5.41 Å². The number of rotatable bonds is 2. The summed E-state index contributed by atoms with van der Waals surface area (Å²) < 4.78 is 57.5. The Morgan fingerprint density at radius 2 is 1.11 bits per heavy atom. The van der Waals surface area contributed by atoms with Crippen molar-refractivity contribution < 1.29 is 31.2 Å². The largest absolute Gasteiger partial charge is 0.522 e. The number of nitrogens with zero attached hydrogens (tertiary/aromatic N) is 2. The van der Waals surface area contributed by atoms with Crippen LogP contribution in [0.5, 0.6) is 0 Å². The quantitative estimate of drug-likeness (QED) is 0.103. The maximum absolute atomic E-state index is 10.7. The van der Waals surface area contributed by atoms with Gasteiger partial charge in [-0.25, -0.2) is 0 Å². The Morgan fingerprint density at radius 3 is 1.76 bits per heavy atom. The third kappa shape index (κ3) is 6.93. The van der Waals surface area contributed by atoms with Crippen LogP contribution in [0.3, 0.4) is 0 Å². The van der Waals surface area contributed by atoms with E-state index >= 15 is 0 Å². The van der Waals surface area contributed by atoms with Crippen molar-refractivity contribution >= 4 is 53.2 Å². The number of hydrogen-bond acceptors (Lipinski definition) is 5. The maximum Gasteiger partial charge on any atom is 0.522 e. The van der Waals surface area contributed by atoms with E-state index < -0.39 is 21.2 Å². The first-order chi connectivity index (χ1) is 26.0. The van der Waals surface area contributed by atoms with E-state index in [1.54, 1.807) is 0 Å². The standard InChI is InChI=1S/C22H19NO.C22H17N.CHF3O3S/c1-22(2,24)20-10-6-5-9-19(20)21-18-12-11-15-7-3-4-8-16(15)17(18)13-14-23-21;1-22(2)18-10-6-5-9-17(18)21-20-16(11-12-23-21)15-8-4-3-7-14(15)13-19(20)22;2-1(3,4)8(5,6)7/h3-14,24H,1-2H3;3-13H,1-2H3;(H,5,6,7). The van der Waals surface area contributed by atoms with Gasteiger partial charge in [0.2, 0.25) is 0 Å². The predicted molar refractivity (Wildman–Crippen MR) is 214 cm³/mol. The second-order valence-corrected chi connectivity index (χ2v) is 15.9. The highest BCUT2D eigenvalue weighted by atomic mass is 32.2. The molecule has 0 unspecified atom stereocenters. The highest BCUT2D eigenvalue weighted by Gasteiger charge is 2.44. The van der Waals surface area contributed by atoms with Crippen LogP contribution in [-0.2, 0) is 21.1 Å². The first-order valence-electron chi connectivity index (χ1n) is 17.5. The predicted octanol–water partition coefficient (Wildman–Crippen LogP) is 11.4. The first-order valence-corrected chi connectivity index (χ1v) is 19.0. The van der Waals surface area contributed by atoms with Crippen LogP contribution in [0.15, 0.2) is 140 Å². The Kier molecular flexibility index (Phi) is 9.49. The Bertz CT molecular complexity index is 2860. The second-order valence-electron chi connectivity index (χ2n) is 14.5. The molecule has 278 valence electrons. The third-order valence-electron chi connectivity index (χ3n) is 10.1. The number of alkyl halides is 3. The summed E-state index contributed by atoms with van der Waals surface area (Å²) in [4.78, 5) is 9.40. The van der Waals surface area contributed by atoms with Crippen molar-refractivity contribution in [3.05, 3.63) is 156 Å². The van der Waals surface area contributed by atoms with Gasteiger partial charge in [0.25, 0.3) is 0 Å². The van der Waals surface area contributed by atoms with Gasteiger partial charge < -0.3 is 5.11 Å². The van der Waals surface area contributed by atoms with Gasteiger partial charge in [-0.3, -0.25) is 14.5 Å². The minimum Gasteiger partial charge on any atom is -0.386 e. The van der Waals surface area contributed by atoms with Gasteiger partial charge in [-0.05, 0) is 81.1 Å². The molecule has 1 aliphatic carbocycles. The molecule has 0 saturated heterocycles. The Morgan fingerprint density at radius 1 is 0.582 bits per heavy atom. The van der Waals surface area contributed by atoms with Crippen molar-refractivity contribution in [2.24, 2.45) is 0 Å². The first kappa shape index (κ1) is 37.6. The van der Waals surface area contributed by atoms with E-state index in [0.29, 0.717) is 0 Å². The van der Waals surface area contributed by atoms with Gasteiger partial charge in [0.05, 0.1) is 17.0 Å². The van der Waals surface area contributed by atoms with Crippen LogP contribution < -0.4 is 0 Å². The molecule has 0 spiro atoms. The lowest BCUT2D eigenvalue weighted by molar-refractivity contribution is -0.0510. The highest BCUT2D eigenvalue weighted by molar-refractivity contribution is 7.86. The molecule has 0 saturated carbocycles. The Balaban J connectivity index is 0.000000142. The van der Waals surface area contributed by atoms with Crippen molar-refractivity contribution in [2.45, 2.75) is 44.2 Å². The molecule has 2 N–H and O–H groups in total. The fraction of sp³-hybridized carbons (Fsp3) is 0.156. The topological polar surface area (TPSA) is 100 Å². The molecule has 2 aromatic heterocycles. The summed E-state index contributed by atoms with van der Waals surface area (Å²) in [6.07, 6.45) is 3.80. The summed E-state index contributed by atoms with van der Waals surface area (Å²) in [7, 11) is -5.84. The van der Waals surface area contributed by atoms with Crippen LogP contribution >= 0.6 is 0 Å². The van der Waals surface area contributed by atoms with Crippen LogP contribution in [-0.4, -0.2) is 33.6 Å². The lowest BCUT2D eigenvalue weighted by Gasteiger charge is -2.34. The number of halogens is 3. The van der Waals surface area contributed by atoms with E-state index in [4.69, 9.17) is 18.0 Å². The molecular formula is C45H37F3N2O4S. The van der Waals surface area contributed by atoms with Crippen molar-refractivity contribution in [3.63, 3.8) is 0 Å². The van der Waals surface area contributed by atoms with Crippen LogP contribution in [0.4, 0.5) is 13.2 Å². The van der Waals surface area contributed by atoms with E-state index in [1.807, 2.05) is 50.5 Å². The normalized spacial score (nSPS) is 13.5. The minimum atomic E-state index is -5.84. The molecule has 0 aliphatic heterocycles. The van der Waals surface area contributed by atoms with Crippen LogP contribution in [0, 0.1) is 0 Å². The van der Waals surface area contributed by atoms with Gasteiger partial charge in [0.1, 0.15) is 0 Å². The molecule has 55 heavy (non-hydrogen) atoms. The van der Waals surface area contributed by atoms with E-state index in [1.165, 1.54) is 54.4 Å². The summed E-state index contributed by atoms with van der Waals surface area (Å²) in [6.45, 7) is 8.27. The van der Waals surface area contributed by atoms with Crippen LogP contribution in [0.1, 0.15) is 44.4 Å².